The highest BCUT2D eigenvalue weighted by Crippen LogP contribution is 2.17. The van der Waals surface area contributed by atoms with E-state index in [1.807, 2.05) is 29.9 Å². The lowest BCUT2D eigenvalue weighted by molar-refractivity contribution is -0.140. The van der Waals surface area contributed by atoms with Gasteiger partial charge < -0.3 is 15.0 Å². The maximum Gasteiger partial charge on any atom is 0.326 e. The highest BCUT2D eigenvalue weighted by molar-refractivity contribution is 5.99. The molecule has 5 heteroatoms. The molecule has 2 rings (SSSR count). The number of benzene rings is 1. The number of aliphatic carboxylic acids is 1. The van der Waals surface area contributed by atoms with E-state index in [1.54, 1.807) is 26.0 Å². The van der Waals surface area contributed by atoms with Crippen molar-refractivity contribution in [1.82, 2.24) is 9.88 Å². The molecule has 2 N–H and O–H groups in total. The Morgan fingerprint density at radius 2 is 1.95 bits per heavy atom. The summed E-state index contributed by atoms with van der Waals surface area (Å²) in [4.78, 5) is 23.2. The van der Waals surface area contributed by atoms with Crippen LogP contribution in [0, 0.1) is 5.92 Å². The van der Waals surface area contributed by atoms with Gasteiger partial charge in [0.1, 0.15) is 6.04 Å². The Bertz CT molecular complexity index is 658. The maximum atomic E-state index is 12.1. The van der Waals surface area contributed by atoms with Gasteiger partial charge in [0, 0.05) is 29.7 Å². The van der Waals surface area contributed by atoms with E-state index in [0.717, 1.165) is 10.9 Å². The van der Waals surface area contributed by atoms with Crippen molar-refractivity contribution in [3.8, 4) is 0 Å². The number of nitrogens with zero attached hydrogens (tertiary/aromatic N) is 1. The number of carbonyl (C=O) groups is 2. The number of aryl methyl sites for hydroxylation is 1. The van der Waals surface area contributed by atoms with Gasteiger partial charge in [-0.15, -0.1) is 0 Å². The van der Waals surface area contributed by atoms with Gasteiger partial charge >= 0.3 is 5.97 Å². The van der Waals surface area contributed by atoms with Gasteiger partial charge in [0.2, 0.25) is 0 Å². The Morgan fingerprint density at radius 3 is 2.55 bits per heavy atom. The summed E-state index contributed by atoms with van der Waals surface area (Å²) in [7, 11) is 1.93. The highest BCUT2D eigenvalue weighted by atomic mass is 16.4. The zero-order valence-corrected chi connectivity index (χ0v) is 11.8. The van der Waals surface area contributed by atoms with Crippen LogP contribution in [-0.2, 0) is 11.8 Å². The van der Waals surface area contributed by atoms with Gasteiger partial charge in [-0.1, -0.05) is 13.8 Å². The summed E-state index contributed by atoms with van der Waals surface area (Å²) in [6.45, 7) is 3.53. The van der Waals surface area contributed by atoms with Crippen LogP contribution in [0.4, 0.5) is 0 Å². The first kappa shape index (κ1) is 14.1. The Morgan fingerprint density at radius 1 is 1.25 bits per heavy atom. The Labute approximate surface area is 117 Å². The number of fused-ring (bicyclic) bond motifs is 1. The van der Waals surface area contributed by atoms with Crippen molar-refractivity contribution >= 4 is 22.8 Å². The average molecular weight is 274 g/mol. The van der Waals surface area contributed by atoms with Gasteiger partial charge in [0.15, 0.2) is 0 Å². The Kier molecular flexibility index (Phi) is 3.79. The van der Waals surface area contributed by atoms with Crippen molar-refractivity contribution in [2.75, 3.05) is 0 Å². The predicted octanol–water partition coefficient (Wildman–Crippen LogP) is 2.02. The first-order valence-electron chi connectivity index (χ1n) is 6.49. The van der Waals surface area contributed by atoms with Crippen LogP contribution >= 0.6 is 0 Å². The van der Waals surface area contributed by atoms with Gasteiger partial charge in [-0.05, 0) is 30.2 Å². The topological polar surface area (TPSA) is 71.3 Å². The number of aromatic nitrogens is 1. The summed E-state index contributed by atoms with van der Waals surface area (Å²) < 4.78 is 1.96. The van der Waals surface area contributed by atoms with E-state index in [-0.39, 0.29) is 11.8 Å². The molecule has 1 aromatic carbocycles. The third-order valence-electron chi connectivity index (χ3n) is 3.37. The number of hydrogen-bond acceptors (Lipinski definition) is 2. The number of nitrogens with one attached hydrogen (secondary N) is 1. The summed E-state index contributed by atoms with van der Waals surface area (Å²) >= 11 is 0. The van der Waals surface area contributed by atoms with E-state index in [9.17, 15) is 9.59 Å². The van der Waals surface area contributed by atoms with Crippen LogP contribution in [-0.4, -0.2) is 27.6 Å². The number of rotatable bonds is 4. The molecular weight excluding hydrogens is 256 g/mol. The molecule has 2 aromatic rings. The Balaban J connectivity index is 2.24. The molecule has 1 amide bonds. The second-order valence-corrected chi connectivity index (χ2v) is 5.23. The van der Waals surface area contributed by atoms with E-state index >= 15 is 0 Å². The Hall–Kier alpha value is -2.30. The van der Waals surface area contributed by atoms with Crippen molar-refractivity contribution < 1.29 is 14.7 Å². The van der Waals surface area contributed by atoms with E-state index in [0.29, 0.717) is 5.56 Å². The maximum absolute atomic E-state index is 12.1. The summed E-state index contributed by atoms with van der Waals surface area (Å²) in [6.07, 6.45) is 1.92. The number of carboxylic acid groups (broad SMARTS) is 1. The lowest BCUT2D eigenvalue weighted by Crippen LogP contribution is -2.44. The zero-order valence-electron chi connectivity index (χ0n) is 11.8. The van der Waals surface area contributed by atoms with Crippen LogP contribution in [0.2, 0.25) is 0 Å². The van der Waals surface area contributed by atoms with Crippen molar-refractivity contribution in [1.29, 1.82) is 0 Å². The molecule has 0 aliphatic carbocycles. The average Bonchev–Trinajstić information content (AvgIpc) is 2.76. The van der Waals surface area contributed by atoms with Crippen molar-refractivity contribution in [2.45, 2.75) is 19.9 Å². The van der Waals surface area contributed by atoms with E-state index in [4.69, 9.17) is 5.11 Å². The quantitative estimate of drug-likeness (QED) is 0.896. The molecule has 0 unspecified atom stereocenters. The lowest BCUT2D eigenvalue weighted by Gasteiger charge is -2.17. The van der Waals surface area contributed by atoms with Gasteiger partial charge in [0.05, 0.1) is 0 Å². The zero-order chi connectivity index (χ0) is 14.9. The lowest BCUT2D eigenvalue weighted by atomic mass is 10.0. The van der Waals surface area contributed by atoms with Crippen molar-refractivity contribution in [3.05, 3.63) is 36.0 Å². The first-order valence-corrected chi connectivity index (χ1v) is 6.49. The molecule has 20 heavy (non-hydrogen) atoms. The minimum atomic E-state index is -1.02. The second kappa shape index (κ2) is 5.36. The monoisotopic (exact) mass is 274 g/mol. The van der Waals surface area contributed by atoms with Crippen LogP contribution < -0.4 is 5.32 Å². The smallest absolute Gasteiger partial charge is 0.326 e. The standard InChI is InChI=1S/C15H18N2O3/c1-9(2)13(15(19)20)16-14(18)11-4-5-12-10(8-11)6-7-17(12)3/h4-9,13H,1-3H3,(H,16,18)(H,19,20)/t13-/m0/s1. The van der Waals surface area contributed by atoms with Crippen LogP contribution in [0.15, 0.2) is 30.5 Å². The molecule has 1 heterocycles. The summed E-state index contributed by atoms with van der Waals surface area (Å²) in [5.41, 5.74) is 1.50. The summed E-state index contributed by atoms with van der Waals surface area (Å²) in [5.74, 6) is -1.55. The highest BCUT2D eigenvalue weighted by Gasteiger charge is 2.23. The second-order valence-electron chi connectivity index (χ2n) is 5.23. The van der Waals surface area contributed by atoms with E-state index in [2.05, 4.69) is 5.32 Å². The molecule has 0 saturated heterocycles. The van der Waals surface area contributed by atoms with Crippen molar-refractivity contribution in [2.24, 2.45) is 13.0 Å². The molecule has 0 radical (unpaired) electrons. The van der Waals surface area contributed by atoms with Crippen LogP contribution in [0.1, 0.15) is 24.2 Å². The predicted molar refractivity (Wildman–Crippen MR) is 76.6 cm³/mol. The van der Waals surface area contributed by atoms with Gasteiger partial charge in [-0.3, -0.25) is 4.79 Å². The fraction of sp³-hybridized carbons (Fsp3) is 0.333. The molecule has 5 nitrogen and oxygen atoms in total. The van der Waals surface area contributed by atoms with Crippen LogP contribution in [0.3, 0.4) is 0 Å². The summed E-state index contributed by atoms with van der Waals surface area (Å²) in [5, 5.41) is 12.6. The van der Waals surface area contributed by atoms with E-state index < -0.39 is 12.0 Å². The van der Waals surface area contributed by atoms with Crippen LogP contribution in [0.5, 0.6) is 0 Å². The molecule has 1 aromatic heterocycles. The normalized spacial score (nSPS) is 12.6. The summed E-state index contributed by atoms with van der Waals surface area (Å²) in [6, 6.07) is 6.37. The number of amides is 1. The minimum absolute atomic E-state index is 0.170. The molecule has 0 fully saturated rings. The molecular formula is C15H18N2O3. The molecule has 0 bridgehead atoms. The van der Waals surface area contributed by atoms with Gasteiger partial charge in [0.25, 0.3) is 5.91 Å². The minimum Gasteiger partial charge on any atom is -0.480 e. The third-order valence-corrected chi connectivity index (χ3v) is 3.37. The van der Waals surface area contributed by atoms with E-state index in [1.165, 1.54) is 0 Å². The van der Waals surface area contributed by atoms with Crippen LogP contribution in [0.25, 0.3) is 10.9 Å². The molecule has 0 aliphatic rings. The molecule has 106 valence electrons. The number of hydrogen-bond donors (Lipinski definition) is 2. The number of carbonyl (C=O) groups excluding carboxylic acids is 1. The SMILES string of the molecule is CC(C)[C@H](NC(=O)c1ccc2c(ccn2C)c1)C(=O)O. The fourth-order valence-corrected chi connectivity index (χ4v) is 2.16. The molecule has 0 aliphatic heterocycles. The largest absolute Gasteiger partial charge is 0.480 e. The molecule has 0 saturated carbocycles. The first-order chi connectivity index (χ1) is 9.40. The number of carboxylic acids is 1. The molecule has 0 spiro atoms. The van der Waals surface area contributed by atoms with Gasteiger partial charge in [-0.2, -0.15) is 0 Å². The fourth-order valence-electron chi connectivity index (χ4n) is 2.16. The third kappa shape index (κ3) is 2.66. The van der Waals surface area contributed by atoms with Gasteiger partial charge in [-0.25, -0.2) is 4.79 Å². The molecule has 1 atom stereocenters. The van der Waals surface area contributed by atoms with Crippen molar-refractivity contribution in [3.63, 3.8) is 0 Å².